The first-order chi connectivity index (χ1) is 20.1. The van der Waals surface area contributed by atoms with Crippen molar-refractivity contribution in [1.82, 2.24) is 9.80 Å². The number of hydrogen-bond acceptors (Lipinski definition) is 6. The van der Waals surface area contributed by atoms with Gasteiger partial charge in [-0.2, -0.15) is 0 Å². The van der Waals surface area contributed by atoms with Crippen LogP contribution in [-0.2, 0) is 29.0 Å². The summed E-state index contributed by atoms with van der Waals surface area (Å²) in [7, 11) is 1.97. The van der Waals surface area contributed by atoms with E-state index in [-0.39, 0.29) is 54.9 Å². The van der Waals surface area contributed by atoms with Crippen molar-refractivity contribution in [2.45, 2.75) is 45.4 Å². The largest absolute Gasteiger partial charge is 0.488 e. The quantitative estimate of drug-likeness (QED) is 0.337. The summed E-state index contributed by atoms with van der Waals surface area (Å²) in [5.74, 6) is -0.712. The third-order valence-electron chi connectivity index (χ3n) is 7.55. The van der Waals surface area contributed by atoms with E-state index in [9.17, 15) is 24.6 Å². The molecular weight excluding hydrogens is 534 g/mol. The van der Waals surface area contributed by atoms with Crippen LogP contribution in [0.4, 0.5) is 5.69 Å². The zero-order valence-electron chi connectivity index (χ0n) is 24.3. The van der Waals surface area contributed by atoms with Gasteiger partial charge in [0.15, 0.2) is 0 Å². The molecule has 1 aliphatic rings. The van der Waals surface area contributed by atoms with Crippen LogP contribution in [-0.4, -0.2) is 76.7 Å². The lowest BCUT2D eigenvalue weighted by Crippen LogP contribution is -2.47. The number of carboxylic acid groups (broad SMARTS) is 1. The molecule has 3 aromatic carbocycles. The molecule has 9 heteroatoms. The number of ether oxygens (including phenoxy) is 1. The molecule has 42 heavy (non-hydrogen) atoms. The summed E-state index contributed by atoms with van der Waals surface area (Å²) in [4.78, 5) is 41.2. The van der Waals surface area contributed by atoms with E-state index in [1.54, 1.807) is 47.4 Å². The van der Waals surface area contributed by atoms with E-state index >= 15 is 0 Å². The standard InChI is InChI=1S/C33H39N3O6/c1-22-18-36(23(2)21-37)32(39)17-27-16-28(34-31(38)15-24-7-5-4-6-8-24)13-14-29(27)42-30(22)20-35(3)19-25-9-11-26(12-10-25)33(40)41/h4-14,16,22-23,30,37H,15,17-21H2,1-3H3,(H,34,38)(H,40,41)/t22-,23+,30+/m1/s1. The van der Waals surface area contributed by atoms with Crippen molar-refractivity contribution < 1.29 is 29.3 Å². The number of likely N-dealkylation sites (N-methyl/N-ethyl adjacent to an activating group) is 1. The molecule has 3 aromatic rings. The maximum atomic E-state index is 13.5. The minimum atomic E-state index is -0.962. The van der Waals surface area contributed by atoms with Crippen LogP contribution < -0.4 is 10.1 Å². The van der Waals surface area contributed by atoms with Gasteiger partial charge in [0, 0.05) is 36.8 Å². The van der Waals surface area contributed by atoms with Crippen molar-refractivity contribution in [2.24, 2.45) is 5.92 Å². The summed E-state index contributed by atoms with van der Waals surface area (Å²) in [6.45, 7) is 5.26. The van der Waals surface area contributed by atoms with Gasteiger partial charge in [0.05, 0.1) is 31.1 Å². The van der Waals surface area contributed by atoms with E-state index < -0.39 is 5.97 Å². The minimum Gasteiger partial charge on any atom is -0.488 e. The van der Waals surface area contributed by atoms with E-state index in [0.717, 1.165) is 11.1 Å². The van der Waals surface area contributed by atoms with Crippen LogP contribution >= 0.6 is 0 Å². The number of rotatable bonds is 10. The van der Waals surface area contributed by atoms with Crippen LogP contribution in [0.15, 0.2) is 72.8 Å². The van der Waals surface area contributed by atoms with Gasteiger partial charge in [-0.05, 0) is 55.4 Å². The summed E-state index contributed by atoms with van der Waals surface area (Å²) in [5, 5.41) is 22.0. The first-order valence-corrected chi connectivity index (χ1v) is 14.2. The number of carbonyl (C=O) groups is 3. The smallest absolute Gasteiger partial charge is 0.335 e. The summed E-state index contributed by atoms with van der Waals surface area (Å²) in [5.41, 5.74) is 3.37. The number of benzene rings is 3. The molecule has 0 saturated carbocycles. The lowest BCUT2D eigenvalue weighted by molar-refractivity contribution is -0.134. The van der Waals surface area contributed by atoms with Crippen LogP contribution in [0.2, 0.25) is 0 Å². The molecule has 0 spiro atoms. The molecule has 3 atom stereocenters. The second-order valence-electron chi connectivity index (χ2n) is 11.1. The van der Waals surface area contributed by atoms with Crippen LogP contribution in [0.1, 0.15) is 40.9 Å². The number of anilines is 1. The van der Waals surface area contributed by atoms with Gasteiger partial charge in [-0.1, -0.05) is 49.4 Å². The van der Waals surface area contributed by atoms with Crippen molar-refractivity contribution in [3.63, 3.8) is 0 Å². The molecule has 222 valence electrons. The molecule has 0 fully saturated rings. The average Bonchev–Trinajstić information content (AvgIpc) is 3.00. The van der Waals surface area contributed by atoms with Gasteiger partial charge >= 0.3 is 5.97 Å². The van der Waals surface area contributed by atoms with Crippen LogP contribution in [0.25, 0.3) is 0 Å². The molecule has 3 N–H and O–H groups in total. The molecule has 1 heterocycles. The zero-order valence-corrected chi connectivity index (χ0v) is 24.3. The van der Waals surface area contributed by atoms with Crippen molar-refractivity contribution in [2.75, 3.05) is 32.1 Å². The molecule has 1 aliphatic heterocycles. The Bertz CT molecular complexity index is 1380. The number of aliphatic hydroxyl groups excluding tert-OH is 1. The van der Waals surface area contributed by atoms with E-state index in [0.29, 0.717) is 36.6 Å². The van der Waals surface area contributed by atoms with E-state index in [4.69, 9.17) is 4.74 Å². The maximum Gasteiger partial charge on any atom is 0.335 e. The topological polar surface area (TPSA) is 119 Å². The first-order valence-electron chi connectivity index (χ1n) is 14.2. The van der Waals surface area contributed by atoms with Crippen LogP contribution in [0.5, 0.6) is 5.75 Å². The Hall–Kier alpha value is -4.21. The molecule has 0 unspecified atom stereocenters. The Labute approximate surface area is 246 Å². The molecule has 0 aliphatic carbocycles. The molecule has 2 amide bonds. The van der Waals surface area contributed by atoms with Gasteiger partial charge in [-0.3, -0.25) is 14.5 Å². The Kier molecular flexibility index (Phi) is 10.3. The Morgan fingerprint density at radius 3 is 2.45 bits per heavy atom. The SMILES string of the molecule is C[C@@H]1CN([C@@H](C)CO)C(=O)Cc2cc(NC(=O)Cc3ccccc3)ccc2O[C@H]1CN(C)Cc1ccc(C(=O)O)cc1. The first kappa shape index (κ1) is 30.7. The highest BCUT2D eigenvalue weighted by molar-refractivity contribution is 5.92. The second-order valence-corrected chi connectivity index (χ2v) is 11.1. The van der Waals surface area contributed by atoms with E-state index in [1.807, 2.05) is 51.2 Å². The van der Waals surface area contributed by atoms with Crippen molar-refractivity contribution >= 4 is 23.5 Å². The van der Waals surface area contributed by atoms with Gasteiger partial charge in [-0.25, -0.2) is 4.79 Å². The molecule has 0 bridgehead atoms. The number of carbonyl (C=O) groups excluding carboxylic acids is 2. The van der Waals surface area contributed by atoms with Crippen molar-refractivity contribution in [3.05, 3.63) is 95.1 Å². The van der Waals surface area contributed by atoms with Crippen molar-refractivity contribution in [1.29, 1.82) is 0 Å². The van der Waals surface area contributed by atoms with Crippen LogP contribution in [0, 0.1) is 5.92 Å². The fourth-order valence-corrected chi connectivity index (χ4v) is 5.15. The number of nitrogens with one attached hydrogen (secondary N) is 1. The third kappa shape index (κ3) is 8.18. The number of hydrogen-bond donors (Lipinski definition) is 3. The fraction of sp³-hybridized carbons (Fsp3) is 0.364. The molecule has 0 saturated heterocycles. The van der Waals surface area contributed by atoms with E-state index in [2.05, 4.69) is 10.2 Å². The summed E-state index contributed by atoms with van der Waals surface area (Å²) in [6.07, 6.45) is 0.0257. The monoisotopic (exact) mass is 573 g/mol. The molecule has 0 radical (unpaired) electrons. The Morgan fingerprint density at radius 2 is 1.79 bits per heavy atom. The lowest BCUT2D eigenvalue weighted by atomic mass is 10.0. The fourth-order valence-electron chi connectivity index (χ4n) is 5.15. The van der Waals surface area contributed by atoms with Gasteiger partial charge in [0.1, 0.15) is 11.9 Å². The number of fused-ring (bicyclic) bond motifs is 1. The predicted molar refractivity (Wildman–Crippen MR) is 160 cm³/mol. The second kappa shape index (κ2) is 14.1. The summed E-state index contributed by atoms with van der Waals surface area (Å²) in [6, 6.07) is 21.3. The number of aliphatic hydroxyl groups is 1. The van der Waals surface area contributed by atoms with Gasteiger partial charge in [-0.15, -0.1) is 0 Å². The van der Waals surface area contributed by atoms with Crippen LogP contribution in [0.3, 0.4) is 0 Å². The third-order valence-corrected chi connectivity index (χ3v) is 7.55. The van der Waals surface area contributed by atoms with Crippen molar-refractivity contribution in [3.8, 4) is 5.75 Å². The Morgan fingerprint density at radius 1 is 1.07 bits per heavy atom. The molecular formula is C33H39N3O6. The van der Waals surface area contributed by atoms with Gasteiger partial charge < -0.3 is 25.2 Å². The van der Waals surface area contributed by atoms with Gasteiger partial charge in [0.2, 0.25) is 11.8 Å². The lowest BCUT2D eigenvalue weighted by Gasteiger charge is -2.34. The highest BCUT2D eigenvalue weighted by Crippen LogP contribution is 2.29. The molecule has 0 aromatic heterocycles. The van der Waals surface area contributed by atoms with Gasteiger partial charge in [0.25, 0.3) is 0 Å². The Balaban J connectivity index is 1.55. The average molecular weight is 574 g/mol. The zero-order chi connectivity index (χ0) is 30.2. The highest BCUT2D eigenvalue weighted by atomic mass is 16.5. The molecule has 9 nitrogen and oxygen atoms in total. The number of amides is 2. The number of carboxylic acids is 1. The predicted octanol–water partition coefficient (Wildman–Crippen LogP) is 3.85. The normalized spacial score (nSPS) is 17.8. The highest BCUT2D eigenvalue weighted by Gasteiger charge is 2.31. The summed E-state index contributed by atoms with van der Waals surface area (Å²) >= 11 is 0. The minimum absolute atomic E-state index is 0.0593. The summed E-state index contributed by atoms with van der Waals surface area (Å²) < 4.78 is 6.58. The maximum absolute atomic E-state index is 13.5. The number of nitrogens with zero attached hydrogens (tertiary/aromatic N) is 2. The molecule has 4 rings (SSSR count). The number of aromatic carboxylic acids is 1. The van der Waals surface area contributed by atoms with E-state index in [1.165, 1.54) is 0 Å².